The summed E-state index contributed by atoms with van der Waals surface area (Å²) in [4.78, 5) is 7.45. The van der Waals surface area contributed by atoms with E-state index in [9.17, 15) is 0 Å². The normalized spacial score (nSPS) is 14.0. The lowest BCUT2D eigenvalue weighted by Gasteiger charge is -2.26. The van der Waals surface area contributed by atoms with Gasteiger partial charge >= 0.3 is 0 Å². The van der Waals surface area contributed by atoms with Crippen molar-refractivity contribution in [2.24, 2.45) is 0 Å². The molecule has 3 aromatic carbocycles. The van der Waals surface area contributed by atoms with Gasteiger partial charge in [0, 0.05) is 23.6 Å². The predicted molar refractivity (Wildman–Crippen MR) is 145 cm³/mol. The van der Waals surface area contributed by atoms with Crippen LogP contribution in [-0.2, 0) is 0 Å². The number of para-hydroxylation sites is 1. The number of ether oxygens (including phenoxy) is 3. The lowest BCUT2D eigenvalue weighted by atomic mass is 10.1. The zero-order valence-corrected chi connectivity index (χ0v) is 21.0. The molecule has 5 heteroatoms. The Morgan fingerprint density at radius 2 is 1.53 bits per heavy atom. The van der Waals surface area contributed by atoms with Crippen molar-refractivity contribution >= 4 is 10.9 Å². The molecule has 0 aliphatic carbocycles. The van der Waals surface area contributed by atoms with Gasteiger partial charge in [-0.25, -0.2) is 4.98 Å². The van der Waals surface area contributed by atoms with E-state index >= 15 is 0 Å². The third kappa shape index (κ3) is 6.16. The van der Waals surface area contributed by atoms with E-state index in [1.54, 1.807) is 0 Å². The zero-order valence-electron chi connectivity index (χ0n) is 21.0. The largest absolute Gasteiger partial charge is 0.494 e. The summed E-state index contributed by atoms with van der Waals surface area (Å²) in [6, 6.07) is 26.0. The number of aromatic nitrogens is 1. The highest BCUT2D eigenvalue weighted by Gasteiger charge is 2.13. The number of benzene rings is 3. The minimum Gasteiger partial charge on any atom is -0.494 e. The Bertz CT molecular complexity index is 1250. The molecular formula is C31H34N2O3. The molecule has 36 heavy (non-hydrogen) atoms. The SMILES string of the molecule is CCCOc1ccc(-c2cc(OCCN3CCCCC3)c3cc(Oc4ccccc4)ccc3n2)cc1. The molecular weight excluding hydrogens is 448 g/mol. The lowest BCUT2D eigenvalue weighted by Crippen LogP contribution is -2.33. The third-order valence-corrected chi connectivity index (χ3v) is 6.46. The van der Waals surface area contributed by atoms with Crippen molar-refractivity contribution in [2.75, 3.05) is 32.8 Å². The van der Waals surface area contributed by atoms with Crippen LogP contribution in [0.1, 0.15) is 32.6 Å². The molecule has 0 radical (unpaired) electrons. The molecule has 4 aromatic rings. The van der Waals surface area contributed by atoms with Crippen LogP contribution in [0.3, 0.4) is 0 Å². The second-order valence-corrected chi connectivity index (χ2v) is 9.22. The van der Waals surface area contributed by atoms with E-state index in [1.165, 1.54) is 19.3 Å². The predicted octanol–water partition coefficient (Wildman–Crippen LogP) is 7.35. The fraction of sp³-hybridized carbons (Fsp3) is 0.323. The first-order valence-electron chi connectivity index (χ1n) is 13.0. The molecule has 0 bridgehead atoms. The number of hydrogen-bond donors (Lipinski definition) is 0. The molecule has 2 heterocycles. The van der Waals surface area contributed by atoms with Gasteiger partial charge in [0.25, 0.3) is 0 Å². The molecule has 0 saturated carbocycles. The first-order valence-corrected chi connectivity index (χ1v) is 13.0. The van der Waals surface area contributed by atoms with E-state index in [0.717, 1.165) is 77.8 Å². The Morgan fingerprint density at radius 1 is 0.750 bits per heavy atom. The van der Waals surface area contributed by atoms with Crippen LogP contribution in [0.2, 0.25) is 0 Å². The first-order chi connectivity index (χ1) is 17.8. The Labute approximate surface area is 213 Å². The van der Waals surface area contributed by atoms with Gasteiger partial charge < -0.3 is 14.2 Å². The fourth-order valence-electron chi connectivity index (χ4n) is 4.54. The van der Waals surface area contributed by atoms with Crippen LogP contribution in [0.5, 0.6) is 23.0 Å². The van der Waals surface area contributed by atoms with E-state index in [2.05, 4.69) is 24.0 Å². The van der Waals surface area contributed by atoms with Crippen molar-refractivity contribution in [2.45, 2.75) is 32.6 Å². The molecule has 5 nitrogen and oxygen atoms in total. The zero-order chi connectivity index (χ0) is 24.6. The summed E-state index contributed by atoms with van der Waals surface area (Å²) >= 11 is 0. The molecule has 1 aromatic heterocycles. The highest BCUT2D eigenvalue weighted by atomic mass is 16.5. The van der Waals surface area contributed by atoms with E-state index in [0.29, 0.717) is 6.61 Å². The van der Waals surface area contributed by atoms with Crippen LogP contribution in [0, 0.1) is 0 Å². The van der Waals surface area contributed by atoms with E-state index in [-0.39, 0.29) is 0 Å². The second-order valence-electron chi connectivity index (χ2n) is 9.22. The van der Waals surface area contributed by atoms with Gasteiger partial charge in [-0.2, -0.15) is 0 Å². The minimum absolute atomic E-state index is 0.645. The monoisotopic (exact) mass is 482 g/mol. The number of pyridine rings is 1. The van der Waals surface area contributed by atoms with E-state index in [4.69, 9.17) is 19.2 Å². The molecule has 186 valence electrons. The Morgan fingerprint density at radius 3 is 2.31 bits per heavy atom. The van der Waals surface area contributed by atoms with Crippen molar-refractivity contribution in [3.05, 3.63) is 78.9 Å². The molecule has 0 unspecified atom stereocenters. The summed E-state index contributed by atoms with van der Waals surface area (Å²) in [5.74, 6) is 3.28. The summed E-state index contributed by atoms with van der Waals surface area (Å²) in [5, 5.41) is 0.953. The number of hydrogen-bond acceptors (Lipinski definition) is 5. The van der Waals surface area contributed by atoms with Crippen molar-refractivity contribution in [1.82, 2.24) is 9.88 Å². The Hall–Kier alpha value is -3.57. The topological polar surface area (TPSA) is 43.8 Å². The smallest absolute Gasteiger partial charge is 0.131 e. The quantitative estimate of drug-likeness (QED) is 0.236. The molecule has 0 atom stereocenters. The number of rotatable bonds is 10. The maximum absolute atomic E-state index is 6.40. The molecule has 1 fully saturated rings. The summed E-state index contributed by atoms with van der Waals surface area (Å²) in [5.41, 5.74) is 2.80. The van der Waals surface area contributed by atoms with Crippen LogP contribution in [0.15, 0.2) is 78.9 Å². The van der Waals surface area contributed by atoms with Gasteiger partial charge in [0.2, 0.25) is 0 Å². The van der Waals surface area contributed by atoms with Gasteiger partial charge in [0.05, 0.1) is 17.8 Å². The summed E-state index contributed by atoms with van der Waals surface area (Å²) in [7, 11) is 0. The second kappa shape index (κ2) is 11.9. The van der Waals surface area contributed by atoms with Gasteiger partial charge in [0.1, 0.15) is 29.6 Å². The van der Waals surface area contributed by atoms with Gasteiger partial charge in [-0.15, -0.1) is 0 Å². The van der Waals surface area contributed by atoms with E-state index < -0.39 is 0 Å². The summed E-state index contributed by atoms with van der Waals surface area (Å²) in [6.07, 6.45) is 4.88. The number of fused-ring (bicyclic) bond motifs is 1. The van der Waals surface area contributed by atoms with Crippen LogP contribution < -0.4 is 14.2 Å². The van der Waals surface area contributed by atoms with Crippen molar-refractivity contribution < 1.29 is 14.2 Å². The third-order valence-electron chi connectivity index (χ3n) is 6.46. The van der Waals surface area contributed by atoms with Crippen LogP contribution in [0.25, 0.3) is 22.2 Å². The molecule has 0 N–H and O–H groups in total. The van der Waals surface area contributed by atoms with Crippen LogP contribution in [-0.4, -0.2) is 42.7 Å². The molecule has 5 rings (SSSR count). The highest BCUT2D eigenvalue weighted by molar-refractivity contribution is 5.89. The van der Waals surface area contributed by atoms with E-state index in [1.807, 2.05) is 66.7 Å². The van der Waals surface area contributed by atoms with Crippen molar-refractivity contribution in [3.63, 3.8) is 0 Å². The van der Waals surface area contributed by atoms with Gasteiger partial charge in [0.15, 0.2) is 0 Å². The Balaban J connectivity index is 1.42. The highest BCUT2D eigenvalue weighted by Crippen LogP contribution is 2.34. The number of piperidine rings is 1. The van der Waals surface area contributed by atoms with Gasteiger partial charge in [-0.05, 0) is 86.9 Å². The number of likely N-dealkylation sites (tertiary alicyclic amines) is 1. The van der Waals surface area contributed by atoms with Gasteiger partial charge in [-0.3, -0.25) is 4.90 Å². The molecule has 1 saturated heterocycles. The molecule has 1 aliphatic rings. The summed E-state index contributed by atoms with van der Waals surface area (Å²) in [6.45, 7) is 6.72. The van der Waals surface area contributed by atoms with Crippen molar-refractivity contribution in [1.29, 1.82) is 0 Å². The Kier molecular flexibility index (Phi) is 7.99. The standard InChI is InChI=1S/C31H34N2O3/c1-2-20-34-25-13-11-24(12-14-25)30-23-31(35-21-19-33-17-7-4-8-18-33)28-22-27(15-16-29(28)32-30)36-26-9-5-3-6-10-26/h3,5-6,9-16,22-23H,2,4,7-8,17-21H2,1H3. The van der Waals surface area contributed by atoms with Gasteiger partial charge in [-0.1, -0.05) is 31.5 Å². The number of nitrogens with zero attached hydrogens (tertiary/aromatic N) is 2. The summed E-state index contributed by atoms with van der Waals surface area (Å²) < 4.78 is 18.2. The average molecular weight is 483 g/mol. The molecule has 0 amide bonds. The lowest BCUT2D eigenvalue weighted by molar-refractivity contribution is 0.184. The first kappa shape index (κ1) is 24.1. The average Bonchev–Trinajstić information content (AvgIpc) is 2.93. The van der Waals surface area contributed by atoms with Crippen molar-refractivity contribution in [3.8, 4) is 34.3 Å². The molecule has 0 spiro atoms. The molecule has 1 aliphatic heterocycles. The maximum atomic E-state index is 6.40. The van der Waals surface area contributed by atoms with Crippen LogP contribution in [0.4, 0.5) is 0 Å². The fourth-order valence-corrected chi connectivity index (χ4v) is 4.54. The minimum atomic E-state index is 0.645. The maximum Gasteiger partial charge on any atom is 0.131 e. The van der Waals surface area contributed by atoms with Crippen LogP contribution >= 0.6 is 0 Å².